The predicted molar refractivity (Wildman–Crippen MR) is 67.7 cm³/mol. The molecule has 0 bridgehead atoms. The van der Waals surface area contributed by atoms with E-state index in [4.69, 9.17) is 11.6 Å². The molecule has 0 amide bonds. The van der Waals surface area contributed by atoms with Crippen molar-refractivity contribution in [2.75, 3.05) is 5.75 Å². The Morgan fingerprint density at radius 2 is 2.29 bits per heavy atom. The van der Waals surface area contributed by atoms with E-state index < -0.39 is 11.6 Å². The van der Waals surface area contributed by atoms with Gasteiger partial charge in [-0.05, 0) is 12.1 Å². The quantitative estimate of drug-likeness (QED) is 0.664. The number of carbonyl (C=O) groups excluding carboxylic acids is 1. The van der Waals surface area contributed by atoms with Crippen molar-refractivity contribution < 1.29 is 14.3 Å². The second-order valence-corrected chi connectivity index (χ2v) is 4.88. The van der Waals surface area contributed by atoms with Crippen LogP contribution >= 0.6 is 23.4 Å². The lowest BCUT2D eigenvalue weighted by atomic mass is 10.2. The molecule has 0 radical (unpaired) electrons. The summed E-state index contributed by atoms with van der Waals surface area (Å²) in [6.07, 6.45) is 0.484. The number of aromatic hydroxyl groups is 1. The first-order chi connectivity index (χ1) is 8.00. The zero-order valence-corrected chi connectivity index (χ0v) is 10.7. The lowest BCUT2D eigenvalue weighted by Gasteiger charge is -1.99. The number of hydrogen-bond acceptors (Lipinski definition) is 3. The number of rotatable bonds is 2. The van der Waals surface area contributed by atoms with E-state index in [9.17, 15) is 14.3 Å². The molecule has 0 heterocycles. The highest BCUT2D eigenvalue weighted by molar-refractivity contribution is 8.13. The molecule has 17 heavy (non-hydrogen) atoms. The number of phenols is 1. The van der Waals surface area contributed by atoms with E-state index in [-0.39, 0.29) is 15.7 Å². The molecule has 0 aliphatic rings. The Morgan fingerprint density at radius 3 is 2.94 bits per heavy atom. The Labute approximate surface area is 108 Å². The van der Waals surface area contributed by atoms with Crippen molar-refractivity contribution in [2.24, 2.45) is 0 Å². The summed E-state index contributed by atoms with van der Waals surface area (Å²) in [6, 6.07) is 2.42. The van der Waals surface area contributed by atoms with Crippen LogP contribution in [0.1, 0.15) is 18.9 Å². The molecule has 0 spiro atoms. The van der Waals surface area contributed by atoms with Crippen molar-refractivity contribution in [1.29, 1.82) is 0 Å². The summed E-state index contributed by atoms with van der Waals surface area (Å²) in [7, 11) is 0. The summed E-state index contributed by atoms with van der Waals surface area (Å²) < 4.78 is 13.1. The van der Waals surface area contributed by atoms with Gasteiger partial charge in [-0.25, -0.2) is 4.39 Å². The molecule has 0 saturated carbocycles. The lowest BCUT2D eigenvalue weighted by molar-refractivity contribution is -0.109. The molecule has 0 aromatic heterocycles. The number of benzene rings is 1. The van der Waals surface area contributed by atoms with Crippen LogP contribution in [-0.2, 0) is 4.79 Å². The fraction of sp³-hybridized carbons (Fsp3) is 0.250. The van der Waals surface area contributed by atoms with Gasteiger partial charge < -0.3 is 5.11 Å². The van der Waals surface area contributed by atoms with Crippen molar-refractivity contribution in [3.05, 3.63) is 28.5 Å². The molecule has 90 valence electrons. The highest BCUT2D eigenvalue weighted by Crippen LogP contribution is 2.24. The second kappa shape index (κ2) is 6.53. The maximum atomic E-state index is 13.1. The fourth-order valence-electron chi connectivity index (χ4n) is 1.06. The number of halogens is 2. The summed E-state index contributed by atoms with van der Waals surface area (Å²) in [4.78, 5) is 10.6. The van der Waals surface area contributed by atoms with Crippen LogP contribution < -0.4 is 0 Å². The third-order valence-electron chi connectivity index (χ3n) is 1.78. The van der Waals surface area contributed by atoms with Gasteiger partial charge in [-0.1, -0.05) is 35.2 Å². The maximum Gasteiger partial charge on any atom is 0.185 e. The molecule has 1 N–H and O–H groups in total. The van der Waals surface area contributed by atoms with Gasteiger partial charge in [0.25, 0.3) is 0 Å². The van der Waals surface area contributed by atoms with Crippen molar-refractivity contribution in [1.82, 2.24) is 0 Å². The van der Waals surface area contributed by atoms with E-state index in [1.807, 2.05) is 0 Å². The Bertz CT molecular complexity index is 491. The fourth-order valence-corrected chi connectivity index (χ4v) is 1.76. The molecular weight excluding hydrogens is 263 g/mol. The van der Waals surface area contributed by atoms with Crippen LogP contribution in [0.2, 0.25) is 5.02 Å². The van der Waals surface area contributed by atoms with Crippen LogP contribution in [0.5, 0.6) is 5.75 Å². The van der Waals surface area contributed by atoms with Gasteiger partial charge in [0.2, 0.25) is 0 Å². The summed E-state index contributed by atoms with van der Waals surface area (Å²) >= 11 is 6.81. The number of hydrogen-bond donors (Lipinski definition) is 1. The Morgan fingerprint density at radius 1 is 1.59 bits per heavy atom. The zero-order valence-electron chi connectivity index (χ0n) is 9.09. The van der Waals surface area contributed by atoms with Crippen molar-refractivity contribution in [3.63, 3.8) is 0 Å². The lowest BCUT2D eigenvalue weighted by Crippen LogP contribution is -1.85. The van der Waals surface area contributed by atoms with Crippen LogP contribution in [0.3, 0.4) is 0 Å². The normalized spacial score (nSPS) is 9.59. The van der Waals surface area contributed by atoms with E-state index in [0.717, 1.165) is 6.07 Å². The van der Waals surface area contributed by atoms with Gasteiger partial charge in [-0.15, -0.1) is 0 Å². The van der Waals surface area contributed by atoms with E-state index >= 15 is 0 Å². The van der Waals surface area contributed by atoms with Gasteiger partial charge in [0.1, 0.15) is 0 Å². The molecule has 1 aromatic rings. The average molecular weight is 273 g/mol. The highest BCUT2D eigenvalue weighted by atomic mass is 35.5. The van der Waals surface area contributed by atoms with E-state index in [1.165, 1.54) is 24.8 Å². The molecule has 0 fully saturated rings. The summed E-state index contributed by atoms with van der Waals surface area (Å²) in [5.41, 5.74) is 0.155. The molecule has 1 aromatic carbocycles. The Hall–Kier alpha value is -1.18. The van der Waals surface area contributed by atoms with Gasteiger partial charge in [-0.3, -0.25) is 4.79 Å². The standard InChI is InChI=1S/C12H10ClFO2S/c1-8(15)17-5-3-2-4-9-6-10(13)7-11(14)12(9)16/h6-7,16H,3,5H2,1H3. The van der Waals surface area contributed by atoms with Crippen molar-refractivity contribution >= 4 is 28.5 Å². The SMILES string of the molecule is CC(=O)SCCC#Cc1cc(Cl)cc(F)c1O. The van der Waals surface area contributed by atoms with E-state index in [1.54, 1.807) is 0 Å². The smallest absolute Gasteiger partial charge is 0.185 e. The van der Waals surface area contributed by atoms with Gasteiger partial charge in [0.05, 0.1) is 5.56 Å². The monoisotopic (exact) mass is 272 g/mol. The number of thioether (sulfide) groups is 1. The van der Waals surface area contributed by atoms with Crippen LogP contribution in [0.25, 0.3) is 0 Å². The molecule has 0 atom stereocenters. The topological polar surface area (TPSA) is 37.3 Å². The third-order valence-corrected chi connectivity index (χ3v) is 2.82. The zero-order chi connectivity index (χ0) is 12.8. The first kappa shape index (κ1) is 13.9. The first-order valence-corrected chi connectivity index (χ1v) is 6.17. The summed E-state index contributed by atoms with van der Waals surface area (Å²) in [5, 5.41) is 9.59. The molecule has 2 nitrogen and oxygen atoms in total. The number of carbonyl (C=O) groups is 1. The van der Waals surface area contributed by atoms with E-state index in [2.05, 4.69) is 11.8 Å². The van der Waals surface area contributed by atoms with Gasteiger partial charge in [0, 0.05) is 24.1 Å². The van der Waals surface area contributed by atoms with Crippen LogP contribution in [0.4, 0.5) is 4.39 Å². The minimum Gasteiger partial charge on any atom is -0.504 e. The average Bonchev–Trinajstić information content (AvgIpc) is 2.23. The molecule has 5 heteroatoms. The summed E-state index contributed by atoms with van der Waals surface area (Å²) in [5.74, 6) is 4.65. The predicted octanol–water partition coefficient (Wildman–Crippen LogP) is 3.21. The van der Waals surface area contributed by atoms with Crippen molar-refractivity contribution in [2.45, 2.75) is 13.3 Å². The van der Waals surface area contributed by atoms with Crippen LogP contribution in [-0.4, -0.2) is 16.0 Å². The summed E-state index contributed by atoms with van der Waals surface area (Å²) in [6.45, 7) is 1.48. The maximum absolute atomic E-state index is 13.1. The van der Waals surface area contributed by atoms with Crippen molar-refractivity contribution in [3.8, 4) is 17.6 Å². The molecule has 0 unspecified atom stereocenters. The molecule has 0 aliphatic heterocycles. The third kappa shape index (κ3) is 4.68. The molecule has 0 aliphatic carbocycles. The highest BCUT2D eigenvalue weighted by Gasteiger charge is 2.06. The molecule has 1 rings (SSSR count). The minimum atomic E-state index is -0.792. The minimum absolute atomic E-state index is 0.0310. The van der Waals surface area contributed by atoms with E-state index in [0.29, 0.717) is 12.2 Å². The van der Waals surface area contributed by atoms with Crippen LogP contribution in [0, 0.1) is 17.7 Å². The van der Waals surface area contributed by atoms with Crippen LogP contribution in [0.15, 0.2) is 12.1 Å². The van der Waals surface area contributed by atoms with Gasteiger partial charge >= 0.3 is 0 Å². The Kier molecular flexibility index (Phi) is 5.33. The first-order valence-electron chi connectivity index (χ1n) is 4.81. The van der Waals surface area contributed by atoms with Gasteiger partial charge in [0.15, 0.2) is 16.7 Å². The Balaban J connectivity index is 2.68. The largest absolute Gasteiger partial charge is 0.504 e. The second-order valence-electron chi connectivity index (χ2n) is 3.18. The number of phenolic OH excluding ortho intramolecular Hbond substituents is 1. The van der Waals surface area contributed by atoms with Gasteiger partial charge in [-0.2, -0.15) is 0 Å². The molecule has 0 saturated heterocycles. The molecular formula is C12H10ClFO2S.